The van der Waals surface area contributed by atoms with Gasteiger partial charge in [0.1, 0.15) is 10.7 Å². The molecule has 0 radical (unpaired) electrons. The summed E-state index contributed by atoms with van der Waals surface area (Å²) in [6, 6.07) is 6.44. The van der Waals surface area contributed by atoms with Gasteiger partial charge in [0, 0.05) is 24.9 Å². The van der Waals surface area contributed by atoms with Crippen molar-refractivity contribution in [2.75, 3.05) is 0 Å². The molecule has 1 unspecified atom stereocenters. The van der Waals surface area contributed by atoms with Gasteiger partial charge >= 0.3 is 0 Å². The van der Waals surface area contributed by atoms with E-state index >= 15 is 0 Å². The summed E-state index contributed by atoms with van der Waals surface area (Å²) in [5, 5.41) is 0. The Morgan fingerprint density at radius 2 is 2.22 bits per heavy atom. The Hall–Kier alpha value is -1.66. The van der Waals surface area contributed by atoms with Gasteiger partial charge < -0.3 is 4.42 Å². The zero-order valence-corrected chi connectivity index (χ0v) is 10.7. The monoisotopic (exact) mass is 266 g/mol. The van der Waals surface area contributed by atoms with Gasteiger partial charge in [0.2, 0.25) is 10.0 Å². The van der Waals surface area contributed by atoms with Crippen molar-refractivity contribution in [2.24, 2.45) is 0 Å². The van der Waals surface area contributed by atoms with Crippen molar-refractivity contribution in [1.29, 1.82) is 0 Å². The van der Waals surface area contributed by atoms with Gasteiger partial charge in [-0.1, -0.05) is 0 Å². The maximum absolute atomic E-state index is 12.0. The molecule has 0 aliphatic rings. The van der Waals surface area contributed by atoms with E-state index in [1.54, 1.807) is 25.3 Å². The zero-order chi connectivity index (χ0) is 13.0. The van der Waals surface area contributed by atoms with Crippen LogP contribution in [0.5, 0.6) is 0 Å². The third-order valence-electron chi connectivity index (χ3n) is 2.39. The van der Waals surface area contributed by atoms with Crippen LogP contribution in [-0.4, -0.2) is 19.4 Å². The van der Waals surface area contributed by atoms with Gasteiger partial charge in [-0.3, -0.25) is 4.98 Å². The Balaban J connectivity index is 2.05. The third kappa shape index (κ3) is 3.18. The summed E-state index contributed by atoms with van der Waals surface area (Å²) in [5.74, 6) is 0.747. The Labute approximate surface area is 106 Å². The molecule has 2 aromatic rings. The summed E-state index contributed by atoms with van der Waals surface area (Å²) in [6.45, 7) is 1.79. The van der Waals surface area contributed by atoms with Crippen LogP contribution < -0.4 is 4.72 Å². The SMILES string of the molecule is CC(Cc1ccco1)NS(=O)(=O)c1cccnc1. The van der Waals surface area contributed by atoms with Crippen LogP contribution in [0, 0.1) is 0 Å². The zero-order valence-electron chi connectivity index (χ0n) is 9.91. The predicted octanol–water partition coefficient (Wildman–Crippen LogP) is 1.58. The first-order valence-electron chi connectivity index (χ1n) is 5.52. The van der Waals surface area contributed by atoms with E-state index in [1.165, 1.54) is 18.5 Å². The minimum absolute atomic E-state index is 0.163. The van der Waals surface area contributed by atoms with E-state index in [9.17, 15) is 8.42 Å². The lowest BCUT2D eigenvalue weighted by atomic mass is 10.2. The molecule has 1 N–H and O–H groups in total. The van der Waals surface area contributed by atoms with Gasteiger partial charge in [0.25, 0.3) is 0 Å². The van der Waals surface area contributed by atoms with Gasteiger partial charge in [0.05, 0.1) is 6.26 Å². The molecule has 0 amide bonds. The predicted molar refractivity (Wildman–Crippen MR) is 66.4 cm³/mol. The topological polar surface area (TPSA) is 72.2 Å². The van der Waals surface area contributed by atoms with Crippen LogP contribution in [0.1, 0.15) is 12.7 Å². The van der Waals surface area contributed by atoms with Crippen molar-refractivity contribution in [2.45, 2.75) is 24.3 Å². The van der Waals surface area contributed by atoms with E-state index in [2.05, 4.69) is 9.71 Å². The van der Waals surface area contributed by atoms with Crippen molar-refractivity contribution in [3.8, 4) is 0 Å². The highest BCUT2D eigenvalue weighted by molar-refractivity contribution is 7.89. The largest absolute Gasteiger partial charge is 0.469 e. The summed E-state index contributed by atoms with van der Waals surface area (Å²) >= 11 is 0. The van der Waals surface area contributed by atoms with Crippen LogP contribution in [0.15, 0.2) is 52.2 Å². The quantitative estimate of drug-likeness (QED) is 0.892. The molecule has 2 rings (SSSR count). The minimum Gasteiger partial charge on any atom is -0.469 e. The van der Waals surface area contributed by atoms with Crippen molar-refractivity contribution in [1.82, 2.24) is 9.71 Å². The van der Waals surface area contributed by atoms with E-state index < -0.39 is 10.0 Å². The lowest BCUT2D eigenvalue weighted by Crippen LogP contribution is -2.34. The molecule has 18 heavy (non-hydrogen) atoms. The Bertz CT molecular complexity index is 579. The number of hydrogen-bond acceptors (Lipinski definition) is 4. The van der Waals surface area contributed by atoms with Crippen molar-refractivity contribution >= 4 is 10.0 Å². The maximum atomic E-state index is 12.0. The molecule has 1 atom stereocenters. The molecule has 0 saturated heterocycles. The maximum Gasteiger partial charge on any atom is 0.242 e. The van der Waals surface area contributed by atoms with Crippen molar-refractivity contribution < 1.29 is 12.8 Å². The third-order valence-corrected chi connectivity index (χ3v) is 3.96. The lowest BCUT2D eigenvalue weighted by molar-refractivity contribution is 0.479. The second kappa shape index (κ2) is 5.32. The van der Waals surface area contributed by atoms with E-state index in [1.807, 2.05) is 6.07 Å². The number of nitrogens with one attached hydrogen (secondary N) is 1. The van der Waals surface area contributed by atoms with Gasteiger partial charge in [-0.05, 0) is 31.2 Å². The van der Waals surface area contributed by atoms with Gasteiger partial charge in [-0.2, -0.15) is 0 Å². The summed E-state index contributed by atoms with van der Waals surface area (Å²) in [5.41, 5.74) is 0. The number of hydrogen-bond donors (Lipinski definition) is 1. The number of sulfonamides is 1. The van der Waals surface area contributed by atoms with Crippen LogP contribution in [0.4, 0.5) is 0 Å². The molecule has 5 nitrogen and oxygen atoms in total. The second-order valence-corrected chi connectivity index (χ2v) is 5.71. The van der Waals surface area contributed by atoms with E-state index in [4.69, 9.17) is 4.42 Å². The van der Waals surface area contributed by atoms with E-state index in [-0.39, 0.29) is 10.9 Å². The molecule has 0 fully saturated rings. The highest BCUT2D eigenvalue weighted by Gasteiger charge is 2.18. The molecule has 6 heteroatoms. The van der Waals surface area contributed by atoms with E-state index in [0.29, 0.717) is 6.42 Å². The molecule has 2 heterocycles. The smallest absolute Gasteiger partial charge is 0.242 e. The standard InChI is InChI=1S/C12H14N2O3S/c1-10(8-11-4-3-7-17-11)14-18(15,16)12-5-2-6-13-9-12/h2-7,9-10,14H,8H2,1H3. The summed E-state index contributed by atoms with van der Waals surface area (Å²) in [6.07, 6.45) is 4.93. The number of aromatic nitrogens is 1. The van der Waals surface area contributed by atoms with Crippen LogP contribution in [-0.2, 0) is 16.4 Å². The minimum atomic E-state index is -3.52. The molecule has 0 aliphatic heterocycles. The summed E-state index contributed by atoms with van der Waals surface area (Å²) in [7, 11) is -3.52. The number of rotatable bonds is 5. The van der Waals surface area contributed by atoms with E-state index in [0.717, 1.165) is 5.76 Å². The fraction of sp³-hybridized carbons (Fsp3) is 0.250. The van der Waals surface area contributed by atoms with Crippen LogP contribution >= 0.6 is 0 Å². The second-order valence-electron chi connectivity index (χ2n) is 3.99. The average molecular weight is 266 g/mol. The molecule has 2 aromatic heterocycles. The Kier molecular flexibility index (Phi) is 3.78. The fourth-order valence-electron chi connectivity index (χ4n) is 1.61. The van der Waals surface area contributed by atoms with Gasteiger partial charge in [0.15, 0.2) is 0 Å². The first kappa shape index (κ1) is 12.8. The number of nitrogens with zero attached hydrogens (tertiary/aromatic N) is 1. The highest BCUT2D eigenvalue weighted by atomic mass is 32.2. The molecule has 96 valence electrons. The number of furan rings is 1. The Morgan fingerprint density at radius 1 is 1.39 bits per heavy atom. The Morgan fingerprint density at radius 3 is 2.83 bits per heavy atom. The number of pyridine rings is 1. The molecule has 0 aromatic carbocycles. The average Bonchev–Trinajstić information content (AvgIpc) is 2.82. The van der Waals surface area contributed by atoms with Crippen molar-refractivity contribution in [3.05, 3.63) is 48.7 Å². The lowest BCUT2D eigenvalue weighted by Gasteiger charge is -2.12. The van der Waals surface area contributed by atoms with Crippen LogP contribution in [0.2, 0.25) is 0 Å². The first-order chi connectivity index (χ1) is 8.58. The molecule has 0 spiro atoms. The van der Waals surface area contributed by atoms with Crippen LogP contribution in [0.25, 0.3) is 0 Å². The molecule has 0 saturated carbocycles. The fourth-order valence-corrected chi connectivity index (χ4v) is 2.82. The van der Waals surface area contributed by atoms with Gasteiger partial charge in [-0.25, -0.2) is 13.1 Å². The molecule has 0 bridgehead atoms. The molecular formula is C12H14N2O3S. The highest BCUT2D eigenvalue weighted by Crippen LogP contribution is 2.09. The van der Waals surface area contributed by atoms with Gasteiger partial charge in [-0.15, -0.1) is 0 Å². The molecular weight excluding hydrogens is 252 g/mol. The van der Waals surface area contributed by atoms with Crippen LogP contribution in [0.3, 0.4) is 0 Å². The van der Waals surface area contributed by atoms with Crippen molar-refractivity contribution in [3.63, 3.8) is 0 Å². The molecule has 0 aliphatic carbocycles. The normalized spacial score (nSPS) is 13.4. The first-order valence-corrected chi connectivity index (χ1v) is 7.01. The summed E-state index contributed by atoms with van der Waals surface area (Å²) in [4.78, 5) is 3.96. The summed E-state index contributed by atoms with van der Waals surface area (Å²) < 4.78 is 31.7.